The standard InChI is InChI=1S/C47H52ClN9O7/c1-63-39-15-12-31(27-38(39)57-22-18-40(58)53-47(57)62)46(61)56-25-23-54(24-26-56)19-8-3-2-7-11-41(59)55-20-16-32(17-21-55)52-45-42-36(29-49-44(42)50-30-51-45)43(60)35-14-13-34(28-37(35)48)64-33-9-5-4-6-10-33/h4-6,9-10,12-15,27-30,32H,2-3,7-8,11,16-26H2,1H3,(H,53,58,62)(H2,49,50,51,52). The van der Waals surface area contributed by atoms with Gasteiger partial charge in [-0.15, -0.1) is 0 Å². The molecule has 0 atom stereocenters. The summed E-state index contributed by atoms with van der Waals surface area (Å²) >= 11 is 6.62. The summed E-state index contributed by atoms with van der Waals surface area (Å²) in [5.74, 6) is 1.69. The van der Waals surface area contributed by atoms with Crippen molar-refractivity contribution in [2.24, 2.45) is 0 Å². The van der Waals surface area contributed by atoms with Crippen LogP contribution in [-0.2, 0) is 9.59 Å². The van der Waals surface area contributed by atoms with Gasteiger partial charge in [0.25, 0.3) is 5.91 Å². The van der Waals surface area contributed by atoms with Gasteiger partial charge in [-0.1, -0.05) is 42.6 Å². The number of carbonyl (C=O) groups is 5. The molecule has 3 aromatic carbocycles. The van der Waals surface area contributed by atoms with Crippen molar-refractivity contribution in [2.75, 3.05) is 69.7 Å². The predicted octanol–water partition coefficient (Wildman–Crippen LogP) is 6.90. The molecule has 3 saturated heterocycles. The molecule has 64 heavy (non-hydrogen) atoms. The van der Waals surface area contributed by atoms with E-state index in [1.807, 2.05) is 40.1 Å². The van der Waals surface area contributed by atoms with Crippen molar-refractivity contribution in [3.05, 3.63) is 101 Å². The van der Waals surface area contributed by atoms with E-state index in [1.165, 1.54) is 18.3 Å². The van der Waals surface area contributed by atoms with Crippen LogP contribution in [-0.4, -0.2) is 125 Å². The van der Waals surface area contributed by atoms with E-state index in [0.29, 0.717) is 89.1 Å². The fourth-order valence-electron chi connectivity index (χ4n) is 8.54. The van der Waals surface area contributed by atoms with Crippen LogP contribution in [0.4, 0.5) is 16.3 Å². The minimum Gasteiger partial charge on any atom is -0.495 e. The Kier molecular flexibility index (Phi) is 14.0. The molecule has 0 spiro atoms. The van der Waals surface area contributed by atoms with Gasteiger partial charge in [0.05, 0.1) is 28.8 Å². The highest BCUT2D eigenvalue weighted by molar-refractivity contribution is 6.35. The summed E-state index contributed by atoms with van der Waals surface area (Å²) in [7, 11) is 1.51. The van der Waals surface area contributed by atoms with Crippen molar-refractivity contribution in [3.8, 4) is 17.2 Å². The molecule has 8 rings (SSSR count). The number of hydrogen-bond acceptors (Lipinski definition) is 11. The van der Waals surface area contributed by atoms with Gasteiger partial charge in [0.15, 0.2) is 5.78 Å². The number of likely N-dealkylation sites (tertiary alicyclic amines) is 1. The molecule has 5 aromatic rings. The van der Waals surface area contributed by atoms with Crippen LogP contribution in [0.2, 0.25) is 5.02 Å². The largest absolute Gasteiger partial charge is 0.495 e. The highest BCUT2D eigenvalue weighted by Crippen LogP contribution is 2.33. The van der Waals surface area contributed by atoms with Gasteiger partial charge in [0, 0.05) is 88.1 Å². The molecule has 3 N–H and O–H groups in total. The number of piperidine rings is 1. The SMILES string of the molecule is COc1ccc(C(=O)N2CCN(CCCCCCC(=O)N3CCC(Nc4ncnc5[nH]cc(C(=O)c6ccc(Oc7ccccc7)cc6Cl)c45)CC3)CC2)cc1N1CCC(=O)NC1=O. The summed E-state index contributed by atoms with van der Waals surface area (Å²) in [4.78, 5) is 84.2. The van der Waals surface area contributed by atoms with Crippen molar-refractivity contribution in [3.63, 3.8) is 0 Å². The second-order valence-corrected chi connectivity index (χ2v) is 16.7. The Morgan fingerprint density at radius 2 is 1.61 bits per heavy atom. The zero-order chi connectivity index (χ0) is 44.6. The Hall–Kier alpha value is -6.52. The van der Waals surface area contributed by atoms with E-state index in [9.17, 15) is 24.0 Å². The number of para-hydroxylation sites is 1. The van der Waals surface area contributed by atoms with Crippen molar-refractivity contribution in [1.82, 2.24) is 35.0 Å². The fourth-order valence-corrected chi connectivity index (χ4v) is 8.80. The van der Waals surface area contributed by atoms with Crippen LogP contribution in [0.3, 0.4) is 0 Å². The van der Waals surface area contributed by atoms with E-state index >= 15 is 0 Å². The minimum atomic E-state index is -0.531. The smallest absolute Gasteiger partial charge is 0.328 e. The number of hydrogen-bond donors (Lipinski definition) is 3. The zero-order valence-corrected chi connectivity index (χ0v) is 36.6. The van der Waals surface area contributed by atoms with E-state index < -0.39 is 6.03 Å². The summed E-state index contributed by atoms with van der Waals surface area (Å²) in [6, 6.07) is 19.0. The molecule has 5 amide bonds. The number of ketones is 1. The third kappa shape index (κ3) is 10.3. The normalized spacial score (nSPS) is 16.2. The van der Waals surface area contributed by atoms with Crippen LogP contribution in [0.25, 0.3) is 11.0 Å². The average molecular weight is 890 g/mol. The predicted molar refractivity (Wildman–Crippen MR) is 242 cm³/mol. The number of benzene rings is 3. The second-order valence-electron chi connectivity index (χ2n) is 16.3. The van der Waals surface area contributed by atoms with E-state index in [0.717, 1.165) is 58.2 Å². The Balaban J connectivity index is 0.738. The lowest BCUT2D eigenvalue weighted by atomic mass is 10.0. The number of nitrogens with one attached hydrogen (secondary N) is 3. The van der Waals surface area contributed by atoms with E-state index in [4.69, 9.17) is 21.1 Å². The van der Waals surface area contributed by atoms with Gasteiger partial charge in [-0.2, -0.15) is 0 Å². The van der Waals surface area contributed by atoms with E-state index in [-0.39, 0.29) is 47.5 Å². The van der Waals surface area contributed by atoms with E-state index in [1.54, 1.807) is 42.6 Å². The second kappa shape index (κ2) is 20.3. The van der Waals surface area contributed by atoms with Crippen LogP contribution < -0.4 is 25.0 Å². The lowest BCUT2D eigenvalue weighted by molar-refractivity contribution is -0.132. The average Bonchev–Trinajstić information content (AvgIpc) is 3.76. The van der Waals surface area contributed by atoms with Gasteiger partial charge >= 0.3 is 6.03 Å². The third-order valence-corrected chi connectivity index (χ3v) is 12.4. The van der Waals surface area contributed by atoms with Crippen LogP contribution in [0.5, 0.6) is 17.2 Å². The molecule has 3 aliphatic rings. The van der Waals surface area contributed by atoms with Crippen LogP contribution in [0, 0.1) is 0 Å². The number of aromatic nitrogens is 3. The Morgan fingerprint density at radius 1 is 0.828 bits per heavy atom. The van der Waals surface area contributed by atoms with Crippen molar-refractivity contribution >= 4 is 63.7 Å². The molecule has 5 heterocycles. The van der Waals surface area contributed by atoms with Crippen molar-refractivity contribution in [2.45, 2.75) is 57.4 Å². The Bertz CT molecular complexity index is 2500. The van der Waals surface area contributed by atoms with Gasteiger partial charge in [0.1, 0.15) is 35.0 Å². The maximum Gasteiger partial charge on any atom is 0.328 e. The first-order chi connectivity index (χ1) is 31.1. The molecule has 0 saturated carbocycles. The maximum absolute atomic E-state index is 13.8. The van der Waals surface area contributed by atoms with Crippen molar-refractivity contribution in [1.29, 1.82) is 0 Å². The Morgan fingerprint density at radius 3 is 2.36 bits per heavy atom. The molecule has 3 aliphatic heterocycles. The summed E-state index contributed by atoms with van der Waals surface area (Å²) in [6.07, 6.45) is 9.17. The number of unbranched alkanes of at least 4 members (excludes halogenated alkanes) is 3. The first kappa shape index (κ1) is 44.1. The molecular weight excluding hydrogens is 838 g/mol. The van der Waals surface area contributed by atoms with Crippen LogP contribution in [0.15, 0.2) is 79.3 Å². The van der Waals surface area contributed by atoms with Crippen molar-refractivity contribution < 1.29 is 33.4 Å². The molecular formula is C47H52ClN9O7. The molecule has 0 aliphatic carbocycles. The van der Waals surface area contributed by atoms with Gasteiger partial charge in [-0.3, -0.25) is 34.3 Å². The summed E-state index contributed by atoms with van der Waals surface area (Å²) in [6.45, 7) is 5.19. The molecule has 0 unspecified atom stereocenters. The number of urea groups is 1. The number of piperazine rings is 1. The number of H-pyrrole nitrogens is 1. The number of ether oxygens (including phenoxy) is 2. The molecule has 334 valence electrons. The Labute approximate surface area is 376 Å². The zero-order valence-electron chi connectivity index (χ0n) is 35.8. The molecule has 0 radical (unpaired) electrons. The molecule has 17 heteroatoms. The summed E-state index contributed by atoms with van der Waals surface area (Å²) < 4.78 is 11.3. The van der Waals surface area contributed by atoms with Crippen LogP contribution >= 0.6 is 11.6 Å². The first-order valence-corrected chi connectivity index (χ1v) is 22.3. The summed E-state index contributed by atoms with van der Waals surface area (Å²) in [5, 5.41) is 6.72. The lowest BCUT2D eigenvalue weighted by Crippen LogP contribution is -2.50. The molecule has 0 bridgehead atoms. The van der Waals surface area contributed by atoms with Crippen LogP contribution in [0.1, 0.15) is 77.6 Å². The number of imide groups is 1. The van der Waals surface area contributed by atoms with Gasteiger partial charge in [-0.05, 0) is 74.7 Å². The number of fused-ring (bicyclic) bond motifs is 1. The summed E-state index contributed by atoms with van der Waals surface area (Å²) in [5.41, 5.74) is 2.21. The monoisotopic (exact) mass is 889 g/mol. The number of anilines is 2. The number of amides is 5. The first-order valence-electron chi connectivity index (χ1n) is 21.9. The molecule has 16 nitrogen and oxygen atoms in total. The number of methoxy groups -OCH3 is 1. The highest BCUT2D eigenvalue weighted by Gasteiger charge is 2.30. The lowest BCUT2D eigenvalue weighted by Gasteiger charge is -2.35. The quantitative estimate of drug-likeness (QED) is 0.0693. The number of carbonyl (C=O) groups excluding carboxylic acids is 5. The third-order valence-electron chi connectivity index (χ3n) is 12.1. The number of rotatable bonds is 16. The minimum absolute atomic E-state index is 0.0662. The number of aromatic amines is 1. The van der Waals surface area contributed by atoms with Gasteiger partial charge in [-0.25, -0.2) is 14.8 Å². The van der Waals surface area contributed by atoms with E-state index in [2.05, 4.69) is 30.5 Å². The fraction of sp³-hybridized carbons (Fsp3) is 0.383. The topological polar surface area (TPSA) is 182 Å². The van der Waals surface area contributed by atoms with Gasteiger partial charge < -0.3 is 29.6 Å². The number of nitrogens with zero attached hydrogens (tertiary/aromatic N) is 6. The highest BCUT2D eigenvalue weighted by atomic mass is 35.5. The maximum atomic E-state index is 13.8. The molecule has 2 aromatic heterocycles. The number of halogens is 1. The van der Waals surface area contributed by atoms with Gasteiger partial charge in [0.2, 0.25) is 11.8 Å². The molecule has 3 fully saturated rings.